The van der Waals surface area contributed by atoms with Crippen LogP contribution in [0.25, 0.3) is 0 Å². The Bertz CT molecular complexity index is 161. The summed E-state index contributed by atoms with van der Waals surface area (Å²) in [5.74, 6) is 0.371. The molecule has 0 aliphatic heterocycles. The van der Waals surface area contributed by atoms with Gasteiger partial charge in [-0.3, -0.25) is 0 Å². The fraction of sp³-hybridized carbons (Fsp3) is 0.200. The number of allylic oxidation sites excluding steroid dienone is 5. The van der Waals surface area contributed by atoms with Crippen molar-refractivity contribution in [1.82, 2.24) is 0 Å². The molecule has 0 radical (unpaired) electrons. The Balaban J connectivity index is 4.32. The predicted octanol–water partition coefficient (Wildman–Crippen LogP) is 3.11. The molecule has 0 aromatic rings. The van der Waals surface area contributed by atoms with Crippen molar-refractivity contribution in [1.29, 1.82) is 0 Å². The van der Waals surface area contributed by atoms with Gasteiger partial charge in [-0.25, -0.2) is 0 Å². The van der Waals surface area contributed by atoms with Crippen LogP contribution in [-0.2, 0) is 0 Å². The molecule has 0 heterocycles. The maximum atomic E-state index is 3.69. The van der Waals surface area contributed by atoms with Gasteiger partial charge in [-0.15, -0.1) is 6.58 Å². The molecule has 0 nitrogen and oxygen atoms in total. The largest absolute Gasteiger partial charge is 0.102 e. The molecule has 0 aromatic heterocycles. The number of hydrogen-bond donors (Lipinski definition) is 0. The molecular formula is C10H14. The third-order valence-corrected chi connectivity index (χ3v) is 1.43. The minimum Gasteiger partial charge on any atom is -0.102 e. The minimum absolute atomic E-state index is 0.371. The maximum Gasteiger partial charge on any atom is -0.00133 e. The lowest BCUT2D eigenvalue weighted by Crippen LogP contribution is -1.90. The van der Waals surface area contributed by atoms with Crippen LogP contribution in [0.5, 0.6) is 0 Å². The van der Waals surface area contributed by atoms with Crippen molar-refractivity contribution in [2.45, 2.75) is 6.92 Å². The summed E-state index contributed by atoms with van der Waals surface area (Å²) in [6.45, 7) is 13.1. The molecule has 0 aliphatic carbocycles. The van der Waals surface area contributed by atoms with E-state index in [0.717, 1.165) is 5.57 Å². The normalized spacial score (nSPS) is 13.9. The average molecular weight is 134 g/mol. The van der Waals surface area contributed by atoms with E-state index in [4.69, 9.17) is 0 Å². The molecule has 0 bridgehead atoms. The molecule has 10 heavy (non-hydrogen) atoms. The van der Waals surface area contributed by atoms with Crippen molar-refractivity contribution in [3.63, 3.8) is 0 Å². The second-order valence-electron chi connectivity index (χ2n) is 2.13. The molecule has 0 N–H and O–H groups in total. The first-order chi connectivity index (χ1) is 4.76. The summed E-state index contributed by atoms with van der Waals surface area (Å²) >= 11 is 0. The van der Waals surface area contributed by atoms with Crippen LogP contribution in [0.2, 0.25) is 0 Å². The maximum absolute atomic E-state index is 3.69. The summed E-state index contributed by atoms with van der Waals surface area (Å²) in [6.07, 6.45) is 7.42. The van der Waals surface area contributed by atoms with Crippen molar-refractivity contribution in [2.24, 2.45) is 5.92 Å². The first-order valence-electron chi connectivity index (χ1n) is 3.33. The Kier molecular flexibility index (Phi) is 4.30. The molecule has 0 aromatic carbocycles. The van der Waals surface area contributed by atoms with Gasteiger partial charge in [0.2, 0.25) is 0 Å². The molecule has 0 aliphatic rings. The first-order valence-corrected chi connectivity index (χ1v) is 3.33. The smallest absolute Gasteiger partial charge is 0.00133 e. The first kappa shape index (κ1) is 8.96. The summed E-state index contributed by atoms with van der Waals surface area (Å²) in [4.78, 5) is 0. The Morgan fingerprint density at radius 1 is 1.30 bits per heavy atom. The van der Waals surface area contributed by atoms with E-state index < -0.39 is 0 Å². The molecule has 0 amide bonds. The Morgan fingerprint density at radius 2 is 1.90 bits per heavy atom. The van der Waals surface area contributed by atoms with Crippen LogP contribution < -0.4 is 0 Å². The summed E-state index contributed by atoms with van der Waals surface area (Å²) in [5, 5.41) is 0. The van der Waals surface area contributed by atoms with E-state index in [9.17, 15) is 0 Å². The highest BCUT2D eigenvalue weighted by molar-refractivity contribution is 5.25. The van der Waals surface area contributed by atoms with Crippen LogP contribution >= 0.6 is 0 Å². The van der Waals surface area contributed by atoms with Crippen molar-refractivity contribution in [2.75, 3.05) is 0 Å². The van der Waals surface area contributed by atoms with Gasteiger partial charge in [-0.2, -0.15) is 0 Å². The third kappa shape index (κ3) is 2.49. The minimum atomic E-state index is 0.371. The van der Waals surface area contributed by atoms with Gasteiger partial charge in [0.1, 0.15) is 0 Å². The lowest BCUT2D eigenvalue weighted by Gasteiger charge is -2.04. The molecule has 1 atom stereocenters. The second kappa shape index (κ2) is 4.80. The lowest BCUT2D eigenvalue weighted by atomic mass is 10.0. The summed E-state index contributed by atoms with van der Waals surface area (Å²) in [5.41, 5.74) is 1.16. The van der Waals surface area contributed by atoms with E-state index in [2.05, 4.69) is 26.7 Å². The average Bonchev–Trinajstić information content (AvgIpc) is 1.99. The zero-order chi connectivity index (χ0) is 7.98. The monoisotopic (exact) mass is 134 g/mol. The Morgan fingerprint density at radius 3 is 2.20 bits per heavy atom. The van der Waals surface area contributed by atoms with Gasteiger partial charge in [-0.1, -0.05) is 44.4 Å². The second-order valence-corrected chi connectivity index (χ2v) is 2.13. The predicted molar refractivity (Wildman–Crippen MR) is 47.8 cm³/mol. The molecule has 0 fully saturated rings. The van der Waals surface area contributed by atoms with Gasteiger partial charge in [0.25, 0.3) is 0 Å². The van der Waals surface area contributed by atoms with Gasteiger partial charge < -0.3 is 0 Å². The molecule has 0 spiro atoms. The van der Waals surface area contributed by atoms with Crippen LogP contribution in [0, 0.1) is 5.92 Å². The highest BCUT2D eigenvalue weighted by Gasteiger charge is 1.96. The zero-order valence-corrected chi connectivity index (χ0v) is 6.51. The van der Waals surface area contributed by atoms with Crippen LogP contribution in [-0.4, -0.2) is 0 Å². The van der Waals surface area contributed by atoms with Gasteiger partial charge in [0.05, 0.1) is 0 Å². The van der Waals surface area contributed by atoms with Crippen molar-refractivity contribution < 1.29 is 0 Å². The zero-order valence-electron chi connectivity index (χ0n) is 6.51. The van der Waals surface area contributed by atoms with Crippen LogP contribution in [0.1, 0.15) is 6.92 Å². The van der Waals surface area contributed by atoms with Gasteiger partial charge in [0, 0.05) is 0 Å². The Labute approximate surface area is 63.3 Å². The molecule has 54 valence electrons. The SMILES string of the molecule is C=C/C=C(\C=C)C(C)C=C. The van der Waals surface area contributed by atoms with E-state index in [1.807, 2.05) is 18.2 Å². The molecule has 0 heteroatoms. The van der Waals surface area contributed by atoms with Crippen molar-refractivity contribution in [3.05, 3.63) is 49.6 Å². The topological polar surface area (TPSA) is 0 Å². The quantitative estimate of drug-likeness (QED) is 0.409. The molecule has 0 rings (SSSR count). The molecular weight excluding hydrogens is 120 g/mol. The third-order valence-electron chi connectivity index (χ3n) is 1.43. The summed E-state index contributed by atoms with van der Waals surface area (Å²) < 4.78 is 0. The molecule has 0 saturated heterocycles. The van der Waals surface area contributed by atoms with Gasteiger partial charge >= 0.3 is 0 Å². The highest BCUT2D eigenvalue weighted by atomic mass is 14.0. The van der Waals surface area contributed by atoms with Crippen molar-refractivity contribution >= 4 is 0 Å². The van der Waals surface area contributed by atoms with Crippen LogP contribution in [0.3, 0.4) is 0 Å². The molecule has 1 unspecified atom stereocenters. The standard InChI is InChI=1S/C10H14/c1-5-8-10(7-3)9(4)6-2/h5-9H,1-3H2,4H3/b10-8+. The fourth-order valence-corrected chi connectivity index (χ4v) is 0.678. The number of hydrogen-bond acceptors (Lipinski definition) is 0. The van der Waals surface area contributed by atoms with Gasteiger partial charge in [0.15, 0.2) is 0 Å². The fourth-order valence-electron chi connectivity index (χ4n) is 0.678. The summed E-state index contributed by atoms with van der Waals surface area (Å²) in [7, 11) is 0. The molecule has 0 saturated carbocycles. The summed E-state index contributed by atoms with van der Waals surface area (Å²) in [6, 6.07) is 0. The highest BCUT2D eigenvalue weighted by Crippen LogP contribution is 2.11. The van der Waals surface area contributed by atoms with E-state index in [-0.39, 0.29) is 0 Å². The van der Waals surface area contributed by atoms with Crippen LogP contribution in [0.4, 0.5) is 0 Å². The van der Waals surface area contributed by atoms with E-state index >= 15 is 0 Å². The van der Waals surface area contributed by atoms with E-state index in [0.29, 0.717) is 5.92 Å². The van der Waals surface area contributed by atoms with Crippen LogP contribution in [0.15, 0.2) is 49.6 Å². The van der Waals surface area contributed by atoms with Gasteiger partial charge in [-0.05, 0) is 11.5 Å². The van der Waals surface area contributed by atoms with E-state index in [1.54, 1.807) is 6.08 Å². The lowest BCUT2D eigenvalue weighted by molar-refractivity contribution is 0.895. The van der Waals surface area contributed by atoms with Crippen molar-refractivity contribution in [3.8, 4) is 0 Å². The van der Waals surface area contributed by atoms with E-state index in [1.165, 1.54) is 0 Å². The number of rotatable bonds is 4. The Hall–Kier alpha value is -1.04.